The molecular formula is C15H15FN2O2. The summed E-state index contributed by atoms with van der Waals surface area (Å²) in [7, 11) is 0. The molecule has 0 aliphatic carbocycles. The first-order valence-electron chi connectivity index (χ1n) is 6.14. The van der Waals surface area contributed by atoms with Gasteiger partial charge in [0.1, 0.15) is 11.6 Å². The number of benzene rings is 2. The fourth-order valence-electron chi connectivity index (χ4n) is 1.69. The SMILES string of the molecule is NCc1cc(F)cc(OCC(=O)Nc2ccccc2)c1. The average molecular weight is 274 g/mol. The summed E-state index contributed by atoms with van der Waals surface area (Å²) in [5.41, 5.74) is 6.74. The van der Waals surface area contributed by atoms with Crippen molar-refractivity contribution in [1.82, 2.24) is 0 Å². The molecular weight excluding hydrogens is 259 g/mol. The molecule has 0 fully saturated rings. The summed E-state index contributed by atoms with van der Waals surface area (Å²) in [6.45, 7) is 0.0205. The van der Waals surface area contributed by atoms with Crippen molar-refractivity contribution in [2.24, 2.45) is 5.73 Å². The van der Waals surface area contributed by atoms with Crippen molar-refractivity contribution in [3.63, 3.8) is 0 Å². The highest BCUT2D eigenvalue weighted by Gasteiger charge is 2.05. The maximum absolute atomic E-state index is 13.2. The molecule has 0 unspecified atom stereocenters. The maximum atomic E-state index is 13.2. The Morgan fingerprint density at radius 1 is 1.20 bits per heavy atom. The second-order valence-electron chi connectivity index (χ2n) is 4.20. The molecule has 0 saturated heterocycles. The highest BCUT2D eigenvalue weighted by Crippen LogP contribution is 2.16. The second kappa shape index (κ2) is 6.68. The molecule has 0 aliphatic heterocycles. The molecule has 0 atom stereocenters. The van der Waals surface area contributed by atoms with Crippen LogP contribution < -0.4 is 15.8 Å². The van der Waals surface area contributed by atoms with Crippen molar-refractivity contribution < 1.29 is 13.9 Å². The molecule has 0 saturated carbocycles. The number of carbonyl (C=O) groups excluding carboxylic acids is 1. The second-order valence-corrected chi connectivity index (χ2v) is 4.20. The first kappa shape index (κ1) is 14.0. The first-order valence-corrected chi connectivity index (χ1v) is 6.14. The van der Waals surface area contributed by atoms with E-state index in [1.54, 1.807) is 18.2 Å². The van der Waals surface area contributed by atoms with E-state index in [0.717, 1.165) is 0 Å². The van der Waals surface area contributed by atoms with Crippen LogP contribution in [0.4, 0.5) is 10.1 Å². The molecule has 3 N–H and O–H groups in total. The highest BCUT2D eigenvalue weighted by molar-refractivity contribution is 5.91. The molecule has 5 heteroatoms. The van der Waals surface area contributed by atoms with E-state index in [1.165, 1.54) is 12.1 Å². The largest absolute Gasteiger partial charge is 0.484 e. The molecule has 0 spiro atoms. The number of nitrogens with two attached hydrogens (primary N) is 1. The van der Waals surface area contributed by atoms with Gasteiger partial charge in [-0.15, -0.1) is 0 Å². The summed E-state index contributed by atoms with van der Waals surface area (Å²) in [6.07, 6.45) is 0. The van der Waals surface area contributed by atoms with Gasteiger partial charge >= 0.3 is 0 Å². The van der Waals surface area contributed by atoms with E-state index in [1.807, 2.05) is 18.2 Å². The van der Waals surface area contributed by atoms with E-state index in [0.29, 0.717) is 11.3 Å². The Morgan fingerprint density at radius 3 is 2.65 bits per heavy atom. The zero-order valence-corrected chi connectivity index (χ0v) is 10.8. The van der Waals surface area contributed by atoms with Crippen LogP contribution in [0.25, 0.3) is 0 Å². The quantitative estimate of drug-likeness (QED) is 0.879. The molecule has 0 aromatic heterocycles. The van der Waals surface area contributed by atoms with Gasteiger partial charge in [-0.3, -0.25) is 4.79 Å². The van der Waals surface area contributed by atoms with Crippen molar-refractivity contribution in [3.8, 4) is 5.75 Å². The number of rotatable bonds is 5. The van der Waals surface area contributed by atoms with E-state index < -0.39 is 5.82 Å². The van der Waals surface area contributed by atoms with E-state index in [9.17, 15) is 9.18 Å². The molecule has 2 aromatic carbocycles. The van der Waals surface area contributed by atoms with Gasteiger partial charge in [-0.2, -0.15) is 0 Å². The smallest absolute Gasteiger partial charge is 0.262 e. The van der Waals surface area contributed by atoms with Crippen LogP contribution in [-0.4, -0.2) is 12.5 Å². The van der Waals surface area contributed by atoms with Gasteiger partial charge in [0.15, 0.2) is 6.61 Å². The lowest BCUT2D eigenvalue weighted by Crippen LogP contribution is -2.20. The summed E-state index contributed by atoms with van der Waals surface area (Å²) in [5.74, 6) is -0.463. The molecule has 1 amide bonds. The van der Waals surface area contributed by atoms with Crippen LogP contribution in [0.2, 0.25) is 0 Å². The van der Waals surface area contributed by atoms with Crippen molar-refractivity contribution in [3.05, 3.63) is 59.9 Å². The minimum Gasteiger partial charge on any atom is -0.484 e. The van der Waals surface area contributed by atoms with Crippen LogP contribution in [0.15, 0.2) is 48.5 Å². The van der Waals surface area contributed by atoms with E-state index in [2.05, 4.69) is 5.32 Å². The molecule has 0 bridgehead atoms. The molecule has 20 heavy (non-hydrogen) atoms. The summed E-state index contributed by atoms with van der Waals surface area (Å²) in [6, 6.07) is 13.2. The summed E-state index contributed by atoms with van der Waals surface area (Å²) < 4.78 is 18.5. The minimum absolute atomic E-state index is 0.192. The zero-order valence-electron chi connectivity index (χ0n) is 10.8. The van der Waals surface area contributed by atoms with E-state index >= 15 is 0 Å². The number of anilines is 1. The van der Waals surface area contributed by atoms with Crippen LogP contribution >= 0.6 is 0 Å². The van der Waals surface area contributed by atoms with Gasteiger partial charge in [-0.1, -0.05) is 18.2 Å². The van der Waals surface area contributed by atoms with Gasteiger partial charge in [0, 0.05) is 18.3 Å². The monoisotopic (exact) mass is 274 g/mol. The molecule has 0 heterocycles. The topological polar surface area (TPSA) is 64.3 Å². The molecule has 0 aliphatic rings. The lowest BCUT2D eigenvalue weighted by molar-refractivity contribution is -0.118. The van der Waals surface area contributed by atoms with Crippen molar-refractivity contribution in [1.29, 1.82) is 0 Å². The van der Waals surface area contributed by atoms with Gasteiger partial charge in [0.05, 0.1) is 0 Å². The van der Waals surface area contributed by atoms with Crippen LogP contribution in [0, 0.1) is 5.82 Å². The van der Waals surface area contributed by atoms with E-state index in [-0.39, 0.29) is 24.8 Å². The van der Waals surface area contributed by atoms with Crippen molar-refractivity contribution in [2.75, 3.05) is 11.9 Å². The number of hydrogen-bond acceptors (Lipinski definition) is 3. The number of ether oxygens (including phenoxy) is 1. The third-order valence-electron chi connectivity index (χ3n) is 2.59. The van der Waals surface area contributed by atoms with Crippen LogP contribution in [-0.2, 0) is 11.3 Å². The molecule has 2 rings (SSSR count). The Labute approximate surface area is 116 Å². The van der Waals surface area contributed by atoms with Gasteiger partial charge in [-0.05, 0) is 29.8 Å². The van der Waals surface area contributed by atoms with Gasteiger partial charge in [0.25, 0.3) is 5.91 Å². The predicted octanol–water partition coefficient (Wildman–Crippen LogP) is 2.30. The minimum atomic E-state index is -0.439. The zero-order chi connectivity index (χ0) is 14.4. The normalized spacial score (nSPS) is 10.1. The van der Waals surface area contributed by atoms with Crippen molar-refractivity contribution >= 4 is 11.6 Å². The molecule has 0 radical (unpaired) electrons. The van der Waals surface area contributed by atoms with Gasteiger partial charge in [0.2, 0.25) is 0 Å². The number of hydrogen-bond donors (Lipinski definition) is 2. The third kappa shape index (κ3) is 4.07. The van der Waals surface area contributed by atoms with Crippen LogP contribution in [0.1, 0.15) is 5.56 Å². The predicted molar refractivity (Wildman–Crippen MR) is 74.9 cm³/mol. The molecule has 2 aromatic rings. The molecule has 4 nitrogen and oxygen atoms in total. The Balaban J connectivity index is 1.92. The fraction of sp³-hybridized carbons (Fsp3) is 0.133. The van der Waals surface area contributed by atoms with E-state index in [4.69, 9.17) is 10.5 Å². The number of nitrogens with one attached hydrogen (secondary N) is 1. The van der Waals surface area contributed by atoms with Crippen molar-refractivity contribution in [2.45, 2.75) is 6.54 Å². The van der Waals surface area contributed by atoms with Crippen LogP contribution in [0.5, 0.6) is 5.75 Å². The Kier molecular flexibility index (Phi) is 4.68. The fourth-order valence-corrected chi connectivity index (χ4v) is 1.69. The summed E-state index contributed by atoms with van der Waals surface area (Å²) in [5, 5.41) is 2.67. The lowest BCUT2D eigenvalue weighted by atomic mass is 10.2. The first-order chi connectivity index (χ1) is 9.67. The molecule has 104 valence electrons. The third-order valence-corrected chi connectivity index (χ3v) is 2.59. The average Bonchev–Trinajstić information content (AvgIpc) is 2.45. The Morgan fingerprint density at radius 2 is 1.95 bits per heavy atom. The van der Waals surface area contributed by atoms with Gasteiger partial charge < -0.3 is 15.8 Å². The van der Waals surface area contributed by atoms with Crippen LogP contribution in [0.3, 0.4) is 0 Å². The number of carbonyl (C=O) groups is 1. The summed E-state index contributed by atoms with van der Waals surface area (Å²) in [4.78, 5) is 11.7. The lowest BCUT2D eigenvalue weighted by Gasteiger charge is -2.08. The number of para-hydroxylation sites is 1. The number of halogens is 1. The Hall–Kier alpha value is -2.40. The number of amides is 1. The highest BCUT2D eigenvalue weighted by atomic mass is 19.1. The maximum Gasteiger partial charge on any atom is 0.262 e. The summed E-state index contributed by atoms with van der Waals surface area (Å²) >= 11 is 0. The van der Waals surface area contributed by atoms with Gasteiger partial charge in [-0.25, -0.2) is 4.39 Å². The Bertz CT molecular complexity index is 588. The standard InChI is InChI=1S/C15H15FN2O2/c16-12-6-11(9-17)7-14(8-12)20-10-15(19)18-13-4-2-1-3-5-13/h1-8H,9-10,17H2,(H,18,19).